The third kappa shape index (κ3) is 1.81. The lowest BCUT2D eigenvalue weighted by atomic mass is 9.84. The van der Waals surface area contributed by atoms with Crippen LogP contribution in [0.1, 0.15) is 56.7 Å². The van der Waals surface area contributed by atoms with Crippen LogP contribution in [-0.2, 0) is 5.41 Å². The average Bonchev–Trinajstić information content (AvgIpc) is 2.82. The highest BCUT2D eigenvalue weighted by atomic mass is 16.3. The minimum atomic E-state index is 0.00197. The zero-order valence-corrected chi connectivity index (χ0v) is 11.7. The fraction of sp³-hybridized carbons (Fsp3) is 0.625. The maximum atomic E-state index is 9.80. The number of rotatable bonds is 3. The van der Waals surface area contributed by atoms with Gasteiger partial charge in [-0.3, -0.25) is 0 Å². The lowest BCUT2D eigenvalue weighted by molar-refractivity contribution is 0.231. The van der Waals surface area contributed by atoms with E-state index >= 15 is 0 Å². The van der Waals surface area contributed by atoms with Crippen LogP contribution in [0.5, 0.6) is 0 Å². The first-order valence-corrected chi connectivity index (χ1v) is 6.56. The average molecular weight is 232 g/mol. The highest BCUT2D eigenvalue weighted by molar-refractivity contribution is 5.45. The van der Waals surface area contributed by atoms with Crippen LogP contribution in [-0.4, -0.2) is 11.7 Å². The van der Waals surface area contributed by atoms with Crippen LogP contribution in [0.25, 0.3) is 0 Å². The Bertz CT molecular complexity index is 431. The first-order chi connectivity index (χ1) is 7.84. The summed E-state index contributed by atoms with van der Waals surface area (Å²) in [5, 5.41) is 9.80. The summed E-state index contributed by atoms with van der Waals surface area (Å²) < 4.78 is 0. The van der Waals surface area contributed by atoms with Crippen LogP contribution in [0.2, 0.25) is 0 Å². The molecule has 1 saturated carbocycles. The summed E-state index contributed by atoms with van der Waals surface area (Å²) in [6, 6.07) is 6.73. The van der Waals surface area contributed by atoms with Crippen LogP contribution in [0.15, 0.2) is 18.2 Å². The number of benzene rings is 1. The Morgan fingerprint density at radius 3 is 2.29 bits per heavy atom. The predicted octanol–water partition coefficient (Wildman–Crippen LogP) is 3.78. The van der Waals surface area contributed by atoms with Gasteiger partial charge in [-0.2, -0.15) is 0 Å². The van der Waals surface area contributed by atoms with Gasteiger partial charge >= 0.3 is 0 Å². The highest BCUT2D eigenvalue weighted by Crippen LogP contribution is 2.64. The van der Waals surface area contributed by atoms with E-state index in [0.29, 0.717) is 5.92 Å². The second-order valence-electron chi connectivity index (χ2n) is 6.53. The Morgan fingerprint density at radius 1 is 1.29 bits per heavy atom. The molecule has 0 aliphatic heterocycles. The van der Waals surface area contributed by atoms with Gasteiger partial charge in [-0.1, -0.05) is 45.9 Å². The molecule has 0 radical (unpaired) electrons. The van der Waals surface area contributed by atoms with E-state index in [2.05, 4.69) is 52.8 Å². The van der Waals surface area contributed by atoms with Crippen molar-refractivity contribution < 1.29 is 5.11 Å². The van der Waals surface area contributed by atoms with Crippen molar-refractivity contribution in [2.24, 2.45) is 5.41 Å². The molecule has 1 heteroatoms. The number of hydrogen-bond acceptors (Lipinski definition) is 1. The summed E-state index contributed by atoms with van der Waals surface area (Å²) >= 11 is 0. The van der Waals surface area contributed by atoms with Gasteiger partial charge in [0.2, 0.25) is 0 Å². The molecule has 1 aromatic rings. The summed E-state index contributed by atoms with van der Waals surface area (Å²) in [6.45, 7) is 11.4. The second kappa shape index (κ2) is 3.84. The van der Waals surface area contributed by atoms with Gasteiger partial charge in [-0.05, 0) is 41.4 Å². The summed E-state index contributed by atoms with van der Waals surface area (Å²) in [5.41, 5.74) is 4.29. The molecule has 1 unspecified atom stereocenters. The van der Waals surface area contributed by atoms with Crippen molar-refractivity contribution in [3.8, 4) is 0 Å². The van der Waals surface area contributed by atoms with E-state index in [9.17, 15) is 5.11 Å². The molecule has 17 heavy (non-hydrogen) atoms. The third-order valence-electron chi connectivity index (χ3n) is 4.63. The number of aliphatic hydroxyl groups is 1. The molecule has 94 valence electrons. The lowest BCUT2D eigenvalue weighted by Crippen LogP contribution is -2.20. The summed E-state index contributed by atoms with van der Waals surface area (Å²) in [4.78, 5) is 0. The number of aliphatic hydroxyl groups excluding tert-OH is 1. The highest BCUT2D eigenvalue weighted by Gasteiger charge is 2.62. The Balaban J connectivity index is 2.49. The summed E-state index contributed by atoms with van der Waals surface area (Å²) in [5.74, 6) is 0.548. The van der Waals surface area contributed by atoms with Crippen molar-refractivity contribution in [3.63, 3.8) is 0 Å². The standard InChI is InChI=1S/C16H24O/c1-11(2)13-7-6-12(3)14(8-13)16(10-17)9-15(16,4)5/h6-8,11,17H,9-10H2,1-5H3. The van der Waals surface area contributed by atoms with E-state index < -0.39 is 0 Å². The molecular formula is C16H24O. The van der Waals surface area contributed by atoms with Crippen molar-refractivity contribution in [1.29, 1.82) is 0 Å². The second-order valence-corrected chi connectivity index (χ2v) is 6.53. The van der Waals surface area contributed by atoms with Crippen LogP contribution in [0.4, 0.5) is 0 Å². The number of aryl methyl sites for hydroxylation is 1. The summed E-state index contributed by atoms with van der Waals surface area (Å²) in [7, 11) is 0. The van der Waals surface area contributed by atoms with Crippen LogP contribution < -0.4 is 0 Å². The molecule has 2 rings (SSSR count). The molecule has 1 aromatic carbocycles. The van der Waals surface area contributed by atoms with Gasteiger partial charge in [-0.15, -0.1) is 0 Å². The van der Waals surface area contributed by atoms with Crippen molar-refractivity contribution in [2.45, 2.75) is 52.4 Å². The Hall–Kier alpha value is -0.820. The molecule has 1 atom stereocenters. The van der Waals surface area contributed by atoms with E-state index in [4.69, 9.17) is 0 Å². The summed E-state index contributed by atoms with van der Waals surface area (Å²) in [6.07, 6.45) is 1.10. The molecule has 1 N–H and O–H groups in total. The van der Waals surface area contributed by atoms with E-state index in [1.807, 2.05) is 0 Å². The molecule has 1 aliphatic carbocycles. The van der Waals surface area contributed by atoms with E-state index in [0.717, 1.165) is 6.42 Å². The van der Waals surface area contributed by atoms with Crippen LogP contribution in [0.3, 0.4) is 0 Å². The normalized spacial score (nSPS) is 26.3. The van der Waals surface area contributed by atoms with Crippen molar-refractivity contribution in [3.05, 3.63) is 34.9 Å². The first kappa shape index (κ1) is 12.6. The van der Waals surface area contributed by atoms with Gasteiger partial charge in [0.25, 0.3) is 0 Å². The molecule has 0 aromatic heterocycles. The van der Waals surface area contributed by atoms with Gasteiger partial charge in [-0.25, -0.2) is 0 Å². The van der Waals surface area contributed by atoms with Crippen LogP contribution in [0, 0.1) is 12.3 Å². The quantitative estimate of drug-likeness (QED) is 0.841. The Labute approximate surface area is 105 Å². The van der Waals surface area contributed by atoms with Gasteiger partial charge in [0.05, 0.1) is 6.61 Å². The third-order valence-corrected chi connectivity index (χ3v) is 4.63. The molecule has 1 fully saturated rings. The number of hydrogen-bond donors (Lipinski definition) is 1. The Morgan fingerprint density at radius 2 is 1.88 bits per heavy atom. The van der Waals surface area contributed by atoms with E-state index in [-0.39, 0.29) is 17.4 Å². The van der Waals surface area contributed by atoms with Gasteiger partial charge in [0, 0.05) is 5.41 Å². The van der Waals surface area contributed by atoms with Crippen molar-refractivity contribution in [2.75, 3.05) is 6.61 Å². The molecule has 0 bridgehead atoms. The predicted molar refractivity (Wildman–Crippen MR) is 72.4 cm³/mol. The fourth-order valence-electron chi connectivity index (χ4n) is 3.04. The maximum absolute atomic E-state index is 9.80. The fourth-order valence-corrected chi connectivity index (χ4v) is 3.04. The molecule has 0 saturated heterocycles. The minimum Gasteiger partial charge on any atom is -0.395 e. The van der Waals surface area contributed by atoms with E-state index in [1.165, 1.54) is 16.7 Å². The zero-order valence-electron chi connectivity index (χ0n) is 11.7. The molecule has 0 amide bonds. The molecular weight excluding hydrogens is 208 g/mol. The van der Waals surface area contributed by atoms with Gasteiger partial charge < -0.3 is 5.11 Å². The SMILES string of the molecule is Cc1ccc(C(C)C)cc1C1(CO)CC1(C)C. The monoisotopic (exact) mass is 232 g/mol. The largest absolute Gasteiger partial charge is 0.395 e. The Kier molecular flexibility index (Phi) is 2.86. The van der Waals surface area contributed by atoms with Gasteiger partial charge in [0.1, 0.15) is 0 Å². The topological polar surface area (TPSA) is 20.2 Å². The van der Waals surface area contributed by atoms with Crippen molar-refractivity contribution >= 4 is 0 Å². The first-order valence-electron chi connectivity index (χ1n) is 6.56. The molecule has 1 nitrogen and oxygen atoms in total. The van der Waals surface area contributed by atoms with Gasteiger partial charge in [0.15, 0.2) is 0 Å². The molecule has 0 heterocycles. The zero-order chi connectivity index (χ0) is 12.8. The molecule has 0 spiro atoms. The smallest absolute Gasteiger partial charge is 0.0533 e. The van der Waals surface area contributed by atoms with Crippen LogP contribution >= 0.6 is 0 Å². The maximum Gasteiger partial charge on any atom is 0.0533 e. The molecule has 1 aliphatic rings. The minimum absolute atomic E-state index is 0.00197. The van der Waals surface area contributed by atoms with E-state index in [1.54, 1.807) is 0 Å². The van der Waals surface area contributed by atoms with Crippen molar-refractivity contribution in [1.82, 2.24) is 0 Å². The lowest BCUT2D eigenvalue weighted by Gasteiger charge is -2.22.